The normalized spacial score (nSPS) is 12.6. The Morgan fingerprint density at radius 3 is 2.81 bits per heavy atom. The molecule has 0 aliphatic carbocycles. The summed E-state index contributed by atoms with van der Waals surface area (Å²) in [6.07, 6.45) is 2.90. The summed E-state index contributed by atoms with van der Waals surface area (Å²) in [5, 5.41) is 7.35. The molecule has 0 amide bonds. The van der Waals surface area contributed by atoms with Gasteiger partial charge in [0, 0.05) is 24.6 Å². The van der Waals surface area contributed by atoms with Crippen LogP contribution in [0.2, 0.25) is 0 Å². The molecule has 0 aliphatic heterocycles. The summed E-state index contributed by atoms with van der Waals surface area (Å²) in [6, 6.07) is 3.20. The third-order valence-corrected chi connectivity index (χ3v) is 3.30. The lowest BCUT2D eigenvalue weighted by Crippen LogP contribution is -2.25. The molecule has 1 aromatic heterocycles. The minimum atomic E-state index is -0.440. The maximum Gasteiger partial charge on any atom is 0.138 e. The number of halogens is 2. The van der Waals surface area contributed by atoms with Crippen molar-refractivity contribution in [3.8, 4) is 0 Å². The Bertz CT molecular complexity index is 583. The first-order valence-corrected chi connectivity index (χ1v) is 7.20. The molecule has 21 heavy (non-hydrogen) atoms. The van der Waals surface area contributed by atoms with Gasteiger partial charge in [0.1, 0.15) is 23.8 Å². The first-order valence-electron chi connectivity index (χ1n) is 7.20. The van der Waals surface area contributed by atoms with Crippen LogP contribution in [0.25, 0.3) is 0 Å². The van der Waals surface area contributed by atoms with E-state index in [9.17, 15) is 8.78 Å². The zero-order valence-electron chi connectivity index (χ0n) is 12.3. The predicted octanol–water partition coefficient (Wildman–Crippen LogP) is 2.86. The maximum atomic E-state index is 14.0. The highest BCUT2D eigenvalue weighted by molar-refractivity contribution is 5.23. The van der Waals surface area contributed by atoms with E-state index < -0.39 is 11.6 Å². The van der Waals surface area contributed by atoms with E-state index in [1.807, 2.05) is 11.6 Å². The lowest BCUT2D eigenvalue weighted by molar-refractivity contribution is 0.474. The van der Waals surface area contributed by atoms with Crippen molar-refractivity contribution in [2.45, 2.75) is 39.3 Å². The zero-order valence-corrected chi connectivity index (χ0v) is 12.3. The number of hydrogen-bond acceptors (Lipinski definition) is 3. The molecule has 4 nitrogen and oxygen atoms in total. The van der Waals surface area contributed by atoms with Crippen LogP contribution in [0.4, 0.5) is 8.78 Å². The fourth-order valence-electron chi connectivity index (χ4n) is 2.35. The van der Waals surface area contributed by atoms with E-state index in [1.165, 1.54) is 12.4 Å². The van der Waals surface area contributed by atoms with Crippen LogP contribution in [0.3, 0.4) is 0 Å². The SMILES string of the molecule is CCCn1ncnc1CC(NCC)c1cc(F)ccc1F. The van der Waals surface area contributed by atoms with Gasteiger partial charge in [0.05, 0.1) is 0 Å². The smallest absolute Gasteiger partial charge is 0.138 e. The largest absolute Gasteiger partial charge is 0.310 e. The molecular weight excluding hydrogens is 274 g/mol. The van der Waals surface area contributed by atoms with Gasteiger partial charge in [-0.2, -0.15) is 5.10 Å². The fourth-order valence-corrected chi connectivity index (χ4v) is 2.35. The van der Waals surface area contributed by atoms with E-state index in [0.717, 1.165) is 30.9 Å². The van der Waals surface area contributed by atoms with Gasteiger partial charge in [-0.3, -0.25) is 4.68 Å². The van der Waals surface area contributed by atoms with Crippen LogP contribution in [-0.4, -0.2) is 21.3 Å². The summed E-state index contributed by atoms with van der Waals surface area (Å²) in [4.78, 5) is 4.23. The van der Waals surface area contributed by atoms with E-state index in [4.69, 9.17) is 0 Å². The first-order chi connectivity index (χ1) is 10.2. The molecule has 0 aliphatic rings. The Hall–Kier alpha value is -1.82. The highest BCUT2D eigenvalue weighted by atomic mass is 19.1. The van der Waals surface area contributed by atoms with E-state index in [0.29, 0.717) is 18.5 Å². The molecule has 2 rings (SSSR count). The van der Waals surface area contributed by atoms with Crippen molar-refractivity contribution in [1.82, 2.24) is 20.1 Å². The van der Waals surface area contributed by atoms with Crippen LogP contribution >= 0.6 is 0 Å². The maximum absolute atomic E-state index is 14.0. The molecule has 1 heterocycles. The molecule has 114 valence electrons. The van der Waals surface area contributed by atoms with Crippen molar-refractivity contribution in [2.75, 3.05) is 6.54 Å². The van der Waals surface area contributed by atoms with Gasteiger partial charge in [0.2, 0.25) is 0 Å². The third kappa shape index (κ3) is 3.85. The molecule has 1 atom stereocenters. The number of nitrogens with one attached hydrogen (secondary N) is 1. The van der Waals surface area contributed by atoms with Crippen LogP contribution in [-0.2, 0) is 13.0 Å². The topological polar surface area (TPSA) is 42.7 Å². The van der Waals surface area contributed by atoms with Gasteiger partial charge in [-0.25, -0.2) is 13.8 Å². The van der Waals surface area contributed by atoms with Gasteiger partial charge in [-0.05, 0) is 31.2 Å². The molecule has 0 saturated heterocycles. The Morgan fingerprint density at radius 2 is 2.10 bits per heavy atom. The average Bonchev–Trinajstić information content (AvgIpc) is 2.89. The van der Waals surface area contributed by atoms with E-state index in [1.54, 1.807) is 0 Å². The van der Waals surface area contributed by atoms with Crippen LogP contribution in [0.1, 0.15) is 37.7 Å². The van der Waals surface area contributed by atoms with Gasteiger partial charge in [-0.1, -0.05) is 13.8 Å². The summed E-state index contributed by atoms with van der Waals surface area (Å²) in [5.74, 6) is -0.0836. The highest BCUT2D eigenvalue weighted by Gasteiger charge is 2.19. The van der Waals surface area contributed by atoms with E-state index in [2.05, 4.69) is 22.3 Å². The molecular formula is C15H20F2N4. The second-order valence-corrected chi connectivity index (χ2v) is 4.88. The number of likely N-dealkylation sites (N-methyl/N-ethyl adjacent to an activating group) is 1. The van der Waals surface area contributed by atoms with Gasteiger partial charge in [0.15, 0.2) is 0 Å². The monoisotopic (exact) mass is 294 g/mol. The molecule has 0 fully saturated rings. The van der Waals surface area contributed by atoms with Gasteiger partial charge in [0.25, 0.3) is 0 Å². The first kappa shape index (κ1) is 15.6. The minimum Gasteiger partial charge on any atom is -0.310 e. The number of benzene rings is 1. The van der Waals surface area contributed by atoms with Crippen LogP contribution in [0.5, 0.6) is 0 Å². The van der Waals surface area contributed by atoms with Gasteiger partial charge >= 0.3 is 0 Å². The molecule has 6 heteroatoms. The predicted molar refractivity (Wildman–Crippen MR) is 76.8 cm³/mol. The van der Waals surface area contributed by atoms with Crippen LogP contribution < -0.4 is 5.32 Å². The third-order valence-electron chi connectivity index (χ3n) is 3.30. The molecule has 0 spiro atoms. The van der Waals surface area contributed by atoms with E-state index in [-0.39, 0.29) is 6.04 Å². The van der Waals surface area contributed by atoms with Crippen molar-refractivity contribution in [2.24, 2.45) is 0 Å². The summed E-state index contributed by atoms with van der Waals surface area (Å²) in [5.41, 5.74) is 0.322. The van der Waals surface area contributed by atoms with Crippen molar-refractivity contribution in [1.29, 1.82) is 0 Å². The Morgan fingerprint density at radius 1 is 1.29 bits per heavy atom. The summed E-state index contributed by atoms with van der Waals surface area (Å²) >= 11 is 0. The lowest BCUT2D eigenvalue weighted by Gasteiger charge is -2.19. The number of aryl methyl sites for hydroxylation is 1. The van der Waals surface area contributed by atoms with Gasteiger partial charge in [-0.15, -0.1) is 0 Å². The van der Waals surface area contributed by atoms with Gasteiger partial charge < -0.3 is 5.32 Å². The molecule has 2 aromatic rings. The number of rotatable bonds is 7. The highest BCUT2D eigenvalue weighted by Crippen LogP contribution is 2.21. The Labute approximate surface area is 123 Å². The fraction of sp³-hybridized carbons (Fsp3) is 0.467. The summed E-state index contributed by atoms with van der Waals surface area (Å²) in [6.45, 7) is 5.41. The van der Waals surface area contributed by atoms with Crippen molar-refractivity contribution < 1.29 is 8.78 Å². The molecule has 1 N–H and O–H groups in total. The zero-order chi connectivity index (χ0) is 15.2. The average molecular weight is 294 g/mol. The van der Waals surface area contributed by atoms with Crippen LogP contribution in [0, 0.1) is 11.6 Å². The minimum absolute atomic E-state index is 0.322. The molecule has 1 unspecified atom stereocenters. The Kier molecular flexibility index (Phi) is 5.38. The molecule has 0 radical (unpaired) electrons. The Balaban J connectivity index is 2.26. The van der Waals surface area contributed by atoms with Crippen molar-refractivity contribution >= 4 is 0 Å². The quantitative estimate of drug-likeness (QED) is 0.854. The number of nitrogens with zero attached hydrogens (tertiary/aromatic N) is 3. The summed E-state index contributed by atoms with van der Waals surface area (Å²) < 4.78 is 29.2. The van der Waals surface area contributed by atoms with Crippen molar-refractivity contribution in [3.63, 3.8) is 0 Å². The van der Waals surface area contributed by atoms with Crippen molar-refractivity contribution in [3.05, 3.63) is 47.5 Å². The van der Waals surface area contributed by atoms with Crippen LogP contribution in [0.15, 0.2) is 24.5 Å². The summed E-state index contributed by atoms with van der Waals surface area (Å²) in [7, 11) is 0. The number of hydrogen-bond donors (Lipinski definition) is 1. The molecule has 0 saturated carbocycles. The molecule has 1 aromatic carbocycles. The molecule has 0 bridgehead atoms. The lowest BCUT2D eigenvalue weighted by atomic mass is 10.0. The second-order valence-electron chi connectivity index (χ2n) is 4.88. The van der Waals surface area contributed by atoms with E-state index >= 15 is 0 Å². The second kappa shape index (κ2) is 7.26. The standard InChI is InChI=1S/C15H20F2N4/c1-3-7-21-15(19-10-20-21)9-14(18-4-2)12-8-11(16)5-6-13(12)17/h5-6,8,10,14,18H,3-4,7,9H2,1-2H3. The number of aromatic nitrogens is 3.